The number of carbonyl (C=O) groups excluding carboxylic acids is 1. The van der Waals surface area contributed by atoms with Gasteiger partial charge < -0.3 is 10.6 Å². The Labute approximate surface area is 188 Å². The van der Waals surface area contributed by atoms with Crippen molar-refractivity contribution >= 4 is 66.3 Å². The predicted molar refractivity (Wildman–Crippen MR) is 126 cm³/mol. The van der Waals surface area contributed by atoms with Crippen LogP contribution in [0.25, 0.3) is 0 Å². The summed E-state index contributed by atoms with van der Waals surface area (Å²) in [5, 5.41) is 7.83. The Hall–Kier alpha value is -1.98. The van der Waals surface area contributed by atoms with E-state index in [1.54, 1.807) is 18.2 Å². The van der Waals surface area contributed by atoms with E-state index < -0.39 is 8.07 Å². The maximum absolute atomic E-state index is 11.2. The molecule has 0 aliphatic heterocycles. The van der Waals surface area contributed by atoms with Gasteiger partial charge in [-0.15, -0.1) is 12.4 Å². The molecule has 0 saturated carbocycles. The van der Waals surface area contributed by atoms with Crippen LogP contribution in [-0.4, -0.2) is 37.0 Å². The fraction of sp³-hybridized carbons (Fsp3) is 0.316. The van der Waals surface area contributed by atoms with Gasteiger partial charge in [-0.05, 0) is 18.2 Å². The molecular formula is C19H24Cl3N5OSi. The van der Waals surface area contributed by atoms with E-state index in [0.717, 1.165) is 16.7 Å². The van der Waals surface area contributed by atoms with Gasteiger partial charge >= 0.3 is 0 Å². The van der Waals surface area contributed by atoms with Crippen LogP contribution < -0.4 is 20.7 Å². The summed E-state index contributed by atoms with van der Waals surface area (Å²) in [6.07, 6.45) is 3.37. The number of carbonyl (C=O) groups is 1. The average Bonchev–Trinajstić information content (AvgIpc) is 2.62. The SMILES string of the molecule is CC(=O)NCCN(C#CNc1ccc(Cl)c(Cl)c1)c1ncncc1[Si](C)(C)C.Cl. The van der Waals surface area contributed by atoms with E-state index >= 15 is 0 Å². The molecule has 1 aromatic carbocycles. The average molecular weight is 473 g/mol. The second-order valence-electron chi connectivity index (χ2n) is 7.14. The molecule has 1 amide bonds. The number of amides is 1. The molecule has 2 rings (SSSR count). The minimum atomic E-state index is -1.69. The highest BCUT2D eigenvalue weighted by molar-refractivity contribution is 6.89. The number of hydrogen-bond donors (Lipinski definition) is 2. The van der Waals surface area contributed by atoms with Gasteiger partial charge in [0.2, 0.25) is 5.91 Å². The molecule has 10 heteroatoms. The molecular weight excluding hydrogens is 449 g/mol. The lowest BCUT2D eigenvalue weighted by molar-refractivity contribution is -0.118. The standard InChI is InChI=1S/C19H23Cl2N5OSi.ClH/c1-14(27)23-7-9-26(19-18(28(2,3)4)12-22-13-25-19)10-8-24-15-5-6-16(20)17(21)11-15;/h5-6,11-13,24H,7,9H2,1-4H3,(H,23,27);1H. The normalized spacial score (nSPS) is 10.3. The Bertz CT molecular complexity index is 909. The first-order valence-corrected chi connectivity index (χ1v) is 13.0. The molecule has 0 aliphatic rings. The number of benzene rings is 1. The van der Waals surface area contributed by atoms with Crippen molar-refractivity contribution < 1.29 is 4.79 Å². The Morgan fingerprint density at radius 2 is 1.97 bits per heavy atom. The van der Waals surface area contributed by atoms with Crippen LogP contribution in [0.15, 0.2) is 30.7 Å². The van der Waals surface area contributed by atoms with Crippen LogP contribution >= 0.6 is 35.6 Å². The van der Waals surface area contributed by atoms with Crippen LogP contribution in [0.4, 0.5) is 11.5 Å². The molecule has 0 saturated heterocycles. The second kappa shape index (κ2) is 11.3. The van der Waals surface area contributed by atoms with Crippen LogP contribution in [-0.2, 0) is 4.79 Å². The lowest BCUT2D eigenvalue weighted by atomic mass is 10.3. The number of hydrogen-bond acceptors (Lipinski definition) is 5. The second-order valence-corrected chi connectivity index (χ2v) is 13.0. The molecule has 2 aromatic rings. The Balaban J connectivity index is 0.00000420. The molecule has 29 heavy (non-hydrogen) atoms. The van der Waals surface area contributed by atoms with Gasteiger partial charge in [0.1, 0.15) is 12.1 Å². The molecule has 0 spiro atoms. The number of aromatic nitrogens is 2. The molecule has 6 nitrogen and oxygen atoms in total. The highest BCUT2D eigenvalue weighted by atomic mass is 35.5. The summed E-state index contributed by atoms with van der Waals surface area (Å²) >= 11 is 12.0. The number of anilines is 2. The van der Waals surface area contributed by atoms with Crippen molar-refractivity contribution in [3.63, 3.8) is 0 Å². The van der Waals surface area contributed by atoms with E-state index in [-0.39, 0.29) is 18.3 Å². The summed E-state index contributed by atoms with van der Waals surface area (Å²) in [7, 11) is -1.69. The zero-order valence-electron chi connectivity index (χ0n) is 16.7. The molecule has 0 bridgehead atoms. The highest BCUT2D eigenvalue weighted by Gasteiger charge is 2.24. The minimum absolute atomic E-state index is 0. The van der Waals surface area contributed by atoms with Crippen molar-refractivity contribution in [3.05, 3.63) is 40.8 Å². The molecule has 156 valence electrons. The summed E-state index contributed by atoms with van der Waals surface area (Å²) in [6.45, 7) is 9.10. The van der Waals surface area contributed by atoms with E-state index in [1.165, 1.54) is 13.3 Å². The molecule has 2 N–H and O–H groups in total. The molecule has 1 heterocycles. The fourth-order valence-corrected chi connectivity index (χ4v) is 4.00. The summed E-state index contributed by atoms with van der Waals surface area (Å²) in [6, 6.07) is 11.2. The van der Waals surface area contributed by atoms with E-state index in [0.29, 0.717) is 23.1 Å². The van der Waals surface area contributed by atoms with Crippen LogP contribution in [0.5, 0.6) is 0 Å². The van der Waals surface area contributed by atoms with Gasteiger partial charge in [0.05, 0.1) is 24.7 Å². The maximum atomic E-state index is 11.2. The zero-order chi connectivity index (χ0) is 20.7. The van der Waals surface area contributed by atoms with Crippen molar-refractivity contribution in [2.24, 2.45) is 0 Å². The number of halogens is 3. The summed E-state index contributed by atoms with van der Waals surface area (Å²) < 4.78 is 0. The Kier molecular flexibility index (Phi) is 9.73. The number of rotatable bonds is 6. The number of nitrogens with zero attached hydrogens (tertiary/aromatic N) is 3. The van der Waals surface area contributed by atoms with Crippen LogP contribution in [0.1, 0.15) is 6.92 Å². The minimum Gasteiger partial charge on any atom is -0.355 e. The van der Waals surface area contributed by atoms with E-state index in [1.807, 2.05) is 11.1 Å². The molecule has 1 aromatic heterocycles. The molecule has 0 unspecified atom stereocenters. The van der Waals surface area contributed by atoms with E-state index in [4.69, 9.17) is 23.2 Å². The van der Waals surface area contributed by atoms with Crippen molar-refractivity contribution in [1.29, 1.82) is 0 Å². The smallest absolute Gasteiger partial charge is 0.216 e. The first kappa shape index (κ1) is 25.1. The largest absolute Gasteiger partial charge is 0.355 e. The topological polar surface area (TPSA) is 70.2 Å². The molecule has 0 atom stereocenters. The summed E-state index contributed by atoms with van der Waals surface area (Å²) in [5.74, 6) is 0.679. The van der Waals surface area contributed by atoms with Crippen molar-refractivity contribution in [1.82, 2.24) is 15.3 Å². The van der Waals surface area contributed by atoms with Crippen molar-refractivity contribution in [2.75, 3.05) is 23.3 Å². The third kappa shape index (κ3) is 7.75. The van der Waals surface area contributed by atoms with Crippen LogP contribution in [0.3, 0.4) is 0 Å². The van der Waals surface area contributed by atoms with Gasteiger partial charge in [-0.2, -0.15) is 0 Å². The monoisotopic (exact) mass is 471 g/mol. The third-order valence-electron chi connectivity index (χ3n) is 3.78. The van der Waals surface area contributed by atoms with Gasteiger partial charge in [-0.3, -0.25) is 9.69 Å². The number of nitrogens with one attached hydrogen (secondary N) is 2. The maximum Gasteiger partial charge on any atom is 0.216 e. The predicted octanol–water partition coefficient (Wildman–Crippen LogP) is 3.72. The van der Waals surface area contributed by atoms with Gasteiger partial charge in [0.25, 0.3) is 0 Å². The molecule has 0 radical (unpaired) electrons. The molecule has 0 fully saturated rings. The van der Waals surface area contributed by atoms with Gasteiger partial charge in [-0.25, -0.2) is 9.97 Å². The van der Waals surface area contributed by atoms with Crippen molar-refractivity contribution in [3.8, 4) is 12.1 Å². The van der Waals surface area contributed by atoms with Gasteiger partial charge in [0.15, 0.2) is 0 Å². The van der Waals surface area contributed by atoms with Crippen molar-refractivity contribution in [2.45, 2.75) is 26.6 Å². The lowest BCUT2D eigenvalue weighted by Crippen LogP contribution is -2.43. The highest BCUT2D eigenvalue weighted by Crippen LogP contribution is 2.24. The van der Waals surface area contributed by atoms with E-state index in [2.05, 4.69) is 52.3 Å². The van der Waals surface area contributed by atoms with Crippen LogP contribution in [0, 0.1) is 12.1 Å². The quantitative estimate of drug-likeness (QED) is 0.381. The summed E-state index contributed by atoms with van der Waals surface area (Å²) in [4.78, 5) is 21.7. The van der Waals surface area contributed by atoms with E-state index in [9.17, 15) is 4.79 Å². The van der Waals surface area contributed by atoms with Gasteiger partial charge in [-0.1, -0.05) is 42.8 Å². The zero-order valence-corrected chi connectivity index (χ0v) is 20.0. The Morgan fingerprint density at radius 1 is 1.24 bits per heavy atom. The lowest BCUT2D eigenvalue weighted by Gasteiger charge is -2.24. The molecule has 0 aliphatic carbocycles. The first-order chi connectivity index (χ1) is 13.2. The summed E-state index contributed by atoms with van der Waals surface area (Å²) in [5.41, 5.74) is 0.733. The third-order valence-corrected chi connectivity index (χ3v) is 6.49. The van der Waals surface area contributed by atoms with Crippen LogP contribution in [0.2, 0.25) is 29.7 Å². The fourth-order valence-electron chi connectivity index (χ4n) is 2.37. The first-order valence-electron chi connectivity index (χ1n) is 8.72. The Morgan fingerprint density at radius 3 is 2.59 bits per heavy atom. The van der Waals surface area contributed by atoms with Gasteiger partial charge in [0, 0.05) is 42.6 Å².